The van der Waals surface area contributed by atoms with Crippen LogP contribution >= 0.6 is 11.3 Å². The molecule has 3 aromatic rings. The van der Waals surface area contributed by atoms with E-state index < -0.39 is 0 Å². The van der Waals surface area contributed by atoms with Crippen LogP contribution in [0.4, 0.5) is 5.69 Å². The summed E-state index contributed by atoms with van der Waals surface area (Å²) in [5.41, 5.74) is 1.33. The van der Waals surface area contributed by atoms with Gasteiger partial charge in [-0.3, -0.25) is 9.59 Å². The second kappa shape index (κ2) is 7.27. The fraction of sp³-hybridized carbons (Fsp3) is 0.158. The first-order chi connectivity index (χ1) is 11.6. The number of rotatable bonds is 6. The number of nitrogens with one attached hydrogen (secondary N) is 1. The Balaban J connectivity index is 1.71. The number of thiophene rings is 1. The zero-order valence-electron chi connectivity index (χ0n) is 13.3. The van der Waals surface area contributed by atoms with Crippen molar-refractivity contribution in [1.29, 1.82) is 0 Å². The van der Waals surface area contributed by atoms with Crippen molar-refractivity contribution >= 4 is 28.7 Å². The molecule has 24 heavy (non-hydrogen) atoms. The molecule has 3 rings (SSSR count). The fourth-order valence-electron chi connectivity index (χ4n) is 2.57. The molecule has 5 heteroatoms. The van der Waals surface area contributed by atoms with Gasteiger partial charge in [0.2, 0.25) is 5.91 Å². The first-order valence-corrected chi connectivity index (χ1v) is 8.58. The third-order valence-electron chi connectivity index (χ3n) is 3.81. The molecule has 0 aliphatic carbocycles. The highest BCUT2D eigenvalue weighted by Gasteiger charge is 2.18. The third-order valence-corrected chi connectivity index (χ3v) is 4.79. The van der Waals surface area contributed by atoms with Crippen molar-refractivity contribution in [2.75, 3.05) is 5.32 Å². The summed E-state index contributed by atoms with van der Waals surface area (Å²) in [4.78, 5) is 24.9. The number of anilines is 1. The maximum absolute atomic E-state index is 12.4. The predicted molar refractivity (Wildman–Crippen MR) is 96.6 cm³/mol. The van der Waals surface area contributed by atoms with Gasteiger partial charge in [0.1, 0.15) is 0 Å². The van der Waals surface area contributed by atoms with Crippen LogP contribution in [0.5, 0.6) is 0 Å². The molecule has 0 fully saturated rings. The van der Waals surface area contributed by atoms with Gasteiger partial charge in [-0.1, -0.05) is 6.07 Å². The molecule has 4 nitrogen and oxygen atoms in total. The number of Topliss-reactive ketones (excluding diaryl/α,β-unsaturated/α-hetero) is 1. The number of carbonyl (C=O) groups is 2. The highest BCUT2D eigenvalue weighted by Crippen LogP contribution is 2.27. The predicted octanol–water partition coefficient (Wildman–Crippen LogP) is 4.37. The molecule has 1 N–H and O–H groups in total. The topological polar surface area (TPSA) is 51.1 Å². The van der Waals surface area contributed by atoms with E-state index in [1.54, 1.807) is 35.6 Å². The zero-order chi connectivity index (χ0) is 16.9. The van der Waals surface area contributed by atoms with Crippen LogP contribution in [0.3, 0.4) is 0 Å². The lowest BCUT2D eigenvalue weighted by Crippen LogP contribution is -2.19. The van der Waals surface area contributed by atoms with Crippen LogP contribution < -0.4 is 5.32 Å². The summed E-state index contributed by atoms with van der Waals surface area (Å²) < 4.78 is 2.05. The first kappa shape index (κ1) is 16.2. The van der Waals surface area contributed by atoms with Gasteiger partial charge in [-0.15, -0.1) is 11.3 Å². The average Bonchev–Trinajstić information content (AvgIpc) is 3.27. The van der Waals surface area contributed by atoms with Crippen LogP contribution in [0, 0.1) is 0 Å². The number of ketones is 1. The minimum Gasteiger partial charge on any atom is -0.346 e. The van der Waals surface area contributed by atoms with Crippen molar-refractivity contribution in [3.63, 3.8) is 0 Å². The Morgan fingerprint density at radius 3 is 2.38 bits per heavy atom. The third kappa shape index (κ3) is 3.81. The Hall–Kier alpha value is -2.66. The molecule has 0 aliphatic heterocycles. The number of benzene rings is 1. The molecule has 0 spiro atoms. The number of hydrogen-bond acceptors (Lipinski definition) is 3. The molecule has 0 bridgehead atoms. The van der Waals surface area contributed by atoms with Gasteiger partial charge in [0.15, 0.2) is 5.78 Å². The van der Waals surface area contributed by atoms with E-state index in [4.69, 9.17) is 0 Å². The highest BCUT2D eigenvalue weighted by atomic mass is 32.1. The zero-order valence-corrected chi connectivity index (χ0v) is 14.1. The molecule has 1 amide bonds. The van der Waals surface area contributed by atoms with E-state index in [0.717, 1.165) is 4.88 Å². The maximum atomic E-state index is 12.4. The van der Waals surface area contributed by atoms with Gasteiger partial charge in [-0.2, -0.15) is 0 Å². The van der Waals surface area contributed by atoms with Crippen LogP contribution in [0.15, 0.2) is 66.3 Å². The normalized spacial score (nSPS) is 11.9. The SMILES string of the molecule is CC(=O)c1ccc(NC(=O)C[C@H](c2cccs2)n2cccc2)cc1. The summed E-state index contributed by atoms with van der Waals surface area (Å²) in [6.07, 6.45) is 4.29. The van der Waals surface area contributed by atoms with E-state index in [1.165, 1.54) is 6.92 Å². The second-order valence-corrected chi connectivity index (χ2v) is 6.53. The van der Waals surface area contributed by atoms with Crippen molar-refractivity contribution in [2.45, 2.75) is 19.4 Å². The summed E-state index contributed by atoms with van der Waals surface area (Å²) in [7, 11) is 0. The molecule has 1 atom stereocenters. The standard InChI is InChI=1S/C19H18N2O2S/c1-14(22)15-6-8-16(9-7-15)20-19(23)13-17(18-5-4-12-24-18)21-10-2-3-11-21/h2-12,17H,13H2,1H3,(H,20,23)/t17-/m1/s1. The van der Waals surface area contributed by atoms with E-state index in [1.807, 2.05) is 46.6 Å². The summed E-state index contributed by atoms with van der Waals surface area (Å²) in [5, 5.41) is 4.92. The van der Waals surface area contributed by atoms with Gasteiger partial charge in [0.05, 0.1) is 12.5 Å². The summed E-state index contributed by atoms with van der Waals surface area (Å²) >= 11 is 1.64. The van der Waals surface area contributed by atoms with Crippen molar-refractivity contribution in [3.05, 3.63) is 76.7 Å². The molecule has 0 unspecified atom stereocenters. The van der Waals surface area contributed by atoms with Crippen LogP contribution in [-0.4, -0.2) is 16.3 Å². The number of carbonyl (C=O) groups excluding carboxylic acids is 2. The minimum absolute atomic E-state index is 0.0123. The van der Waals surface area contributed by atoms with Gasteiger partial charge < -0.3 is 9.88 Å². The summed E-state index contributed by atoms with van der Waals surface area (Å²) in [6, 6.07) is 14.9. The molecular formula is C19H18N2O2S. The Kier molecular flexibility index (Phi) is 4.91. The quantitative estimate of drug-likeness (QED) is 0.679. The van der Waals surface area contributed by atoms with Gasteiger partial charge in [-0.05, 0) is 54.8 Å². The minimum atomic E-state index is -0.0577. The molecule has 0 radical (unpaired) electrons. The van der Waals surface area contributed by atoms with Crippen molar-refractivity contribution in [1.82, 2.24) is 4.57 Å². The largest absolute Gasteiger partial charge is 0.346 e. The lowest BCUT2D eigenvalue weighted by molar-refractivity contribution is -0.116. The fourth-order valence-corrected chi connectivity index (χ4v) is 3.40. The smallest absolute Gasteiger partial charge is 0.226 e. The van der Waals surface area contributed by atoms with Gasteiger partial charge >= 0.3 is 0 Å². The average molecular weight is 338 g/mol. The van der Waals surface area contributed by atoms with Crippen LogP contribution in [-0.2, 0) is 4.79 Å². The first-order valence-electron chi connectivity index (χ1n) is 7.70. The van der Waals surface area contributed by atoms with E-state index >= 15 is 0 Å². The van der Waals surface area contributed by atoms with Gasteiger partial charge in [0.25, 0.3) is 0 Å². The van der Waals surface area contributed by atoms with E-state index in [9.17, 15) is 9.59 Å². The maximum Gasteiger partial charge on any atom is 0.226 e. The number of hydrogen-bond donors (Lipinski definition) is 1. The Morgan fingerprint density at radius 1 is 1.08 bits per heavy atom. The van der Waals surface area contributed by atoms with Crippen molar-refractivity contribution < 1.29 is 9.59 Å². The molecule has 0 saturated carbocycles. The number of aromatic nitrogens is 1. The molecule has 2 heterocycles. The molecular weight excluding hydrogens is 320 g/mol. The van der Waals surface area contributed by atoms with Crippen LogP contribution in [0.2, 0.25) is 0 Å². The molecule has 2 aromatic heterocycles. The van der Waals surface area contributed by atoms with Crippen molar-refractivity contribution in [3.8, 4) is 0 Å². The monoisotopic (exact) mass is 338 g/mol. The lowest BCUT2D eigenvalue weighted by atomic mass is 10.1. The van der Waals surface area contributed by atoms with E-state index in [0.29, 0.717) is 17.7 Å². The molecule has 0 aliphatic rings. The molecule has 122 valence electrons. The highest BCUT2D eigenvalue weighted by molar-refractivity contribution is 7.10. The number of nitrogens with zero attached hydrogens (tertiary/aromatic N) is 1. The van der Waals surface area contributed by atoms with Gasteiger partial charge in [0, 0.05) is 28.5 Å². The number of amides is 1. The van der Waals surface area contributed by atoms with E-state index in [2.05, 4.69) is 5.32 Å². The Morgan fingerprint density at radius 2 is 1.79 bits per heavy atom. The molecule has 1 aromatic carbocycles. The van der Waals surface area contributed by atoms with Gasteiger partial charge in [-0.25, -0.2) is 0 Å². The van der Waals surface area contributed by atoms with Crippen LogP contribution in [0.1, 0.15) is 34.6 Å². The Bertz CT molecular complexity index is 771. The van der Waals surface area contributed by atoms with Crippen molar-refractivity contribution in [2.24, 2.45) is 0 Å². The second-order valence-electron chi connectivity index (χ2n) is 5.55. The lowest BCUT2D eigenvalue weighted by Gasteiger charge is -2.17. The van der Waals surface area contributed by atoms with Crippen LogP contribution in [0.25, 0.3) is 0 Å². The Labute approximate surface area is 144 Å². The summed E-state index contributed by atoms with van der Waals surface area (Å²) in [5.74, 6) is -0.0454. The summed E-state index contributed by atoms with van der Waals surface area (Å²) in [6.45, 7) is 1.52. The van der Waals surface area contributed by atoms with E-state index in [-0.39, 0.29) is 17.7 Å². The molecule has 0 saturated heterocycles.